The molecule has 2 heterocycles. The highest BCUT2D eigenvalue weighted by Crippen LogP contribution is 2.18. The molecule has 0 spiro atoms. The molecule has 1 aliphatic heterocycles. The molecule has 0 amide bonds. The number of pyridine rings is 1. The second-order valence-corrected chi connectivity index (χ2v) is 3.96. The molecule has 13 heavy (non-hydrogen) atoms. The van der Waals surface area contributed by atoms with Gasteiger partial charge in [-0.1, -0.05) is 0 Å². The Morgan fingerprint density at radius 3 is 2.92 bits per heavy atom. The van der Waals surface area contributed by atoms with Crippen LogP contribution in [0, 0.1) is 6.42 Å². The van der Waals surface area contributed by atoms with Gasteiger partial charge in [0.2, 0.25) is 0 Å². The first-order valence-electron chi connectivity index (χ1n) is 4.13. The van der Waals surface area contributed by atoms with Gasteiger partial charge in [-0.25, -0.2) is 4.98 Å². The fraction of sp³-hybridized carbons (Fsp3) is 0.333. The highest BCUT2D eigenvalue weighted by molar-refractivity contribution is 9.10. The predicted molar refractivity (Wildman–Crippen MR) is 54.5 cm³/mol. The quantitative estimate of drug-likeness (QED) is 0.804. The minimum Gasteiger partial charge on any atom is -0.391 e. The zero-order valence-electron chi connectivity index (χ0n) is 7.02. The lowest BCUT2D eigenvalue weighted by Crippen LogP contribution is -2.21. The summed E-state index contributed by atoms with van der Waals surface area (Å²) in [5.41, 5.74) is 0. The fourth-order valence-electron chi connectivity index (χ4n) is 1.37. The van der Waals surface area contributed by atoms with Crippen LogP contribution in [0.15, 0.2) is 22.8 Å². The third kappa shape index (κ3) is 2.00. The number of hydrogen-bond donors (Lipinski definition) is 1. The Labute approximate surface area is 85.5 Å². The average molecular weight is 242 g/mol. The second-order valence-electron chi connectivity index (χ2n) is 3.04. The number of β-amino-alcohol motifs (C(OH)–C–C–N with tert-alkyl or cyclic N) is 1. The molecule has 0 saturated carbocycles. The lowest BCUT2D eigenvalue weighted by atomic mass is 10.3. The average Bonchev–Trinajstić information content (AvgIpc) is 2.53. The molecule has 1 saturated heterocycles. The Balaban J connectivity index is 2.13. The van der Waals surface area contributed by atoms with E-state index in [2.05, 4.69) is 20.9 Å². The molecule has 1 N–H and O–H groups in total. The lowest BCUT2D eigenvalue weighted by molar-refractivity contribution is 0.230. The van der Waals surface area contributed by atoms with E-state index in [9.17, 15) is 5.11 Å². The fourth-order valence-corrected chi connectivity index (χ4v) is 1.60. The maximum Gasteiger partial charge on any atom is 0.128 e. The molecule has 3 nitrogen and oxygen atoms in total. The summed E-state index contributed by atoms with van der Waals surface area (Å²) in [6.07, 6.45) is 3.33. The van der Waals surface area contributed by atoms with Crippen molar-refractivity contribution < 1.29 is 5.11 Å². The van der Waals surface area contributed by atoms with E-state index in [1.54, 1.807) is 6.20 Å². The van der Waals surface area contributed by atoms with Gasteiger partial charge in [0.15, 0.2) is 0 Å². The first kappa shape index (κ1) is 8.97. The van der Waals surface area contributed by atoms with E-state index >= 15 is 0 Å². The standard InChI is InChI=1S/C9H10BrN2O/c10-7-1-2-9(11-5-7)12-4-3-8(13)6-12/h1-3,5,8,13H,4,6H2/t8-/m0/s1. The first-order valence-corrected chi connectivity index (χ1v) is 4.93. The van der Waals surface area contributed by atoms with Crippen LogP contribution in [0.2, 0.25) is 0 Å². The van der Waals surface area contributed by atoms with Crippen LogP contribution < -0.4 is 4.90 Å². The van der Waals surface area contributed by atoms with Crippen molar-refractivity contribution in [1.82, 2.24) is 4.98 Å². The van der Waals surface area contributed by atoms with Crippen molar-refractivity contribution >= 4 is 21.7 Å². The molecule has 1 aromatic rings. The van der Waals surface area contributed by atoms with Crippen LogP contribution >= 0.6 is 15.9 Å². The van der Waals surface area contributed by atoms with Crippen LogP contribution in [-0.2, 0) is 0 Å². The van der Waals surface area contributed by atoms with E-state index in [-0.39, 0.29) is 6.10 Å². The third-order valence-corrected chi connectivity index (χ3v) is 2.51. The van der Waals surface area contributed by atoms with Crippen molar-refractivity contribution in [1.29, 1.82) is 0 Å². The second kappa shape index (κ2) is 3.64. The largest absolute Gasteiger partial charge is 0.391 e. The number of halogens is 1. The molecule has 0 bridgehead atoms. The summed E-state index contributed by atoms with van der Waals surface area (Å²) in [6.45, 7) is 1.42. The van der Waals surface area contributed by atoms with Crippen LogP contribution in [0.1, 0.15) is 0 Å². The van der Waals surface area contributed by atoms with Gasteiger partial charge < -0.3 is 10.0 Å². The van der Waals surface area contributed by atoms with Crippen molar-refractivity contribution in [2.45, 2.75) is 6.10 Å². The monoisotopic (exact) mass is 241 g/mol. The summed E-state index contributed by atoms with van der Waals surface area (Å²) in [7, 11) is 0. The molecule has 2 rings (SSSR count). The van der Waals surface area contributed by atoms with E-state index < -0.39 is 0 Å². The molecule has 0 aliphatic carbocycles. The summed E-state index contributed by atoms with van der Waals surface area (Å²) < 4.78 is 0.972. The van der Waals surface area contributed by atoms with Gasteiger partial charge in [-0.3, -0.25) is 0 Å². The Morgan fingerprint density at radius 2 is 2.38 bits per heavy atom. The van der Waals surface area contributed by atoms with Gasteiger partial charge in [0.25, 0.3) is 0 Å². The molecule has 1 fully saturated rings. The highest BCUT2D eigenvalue weighted by Gasteiger charge is 2.21. The van der Waals surface area contributed by atoms with Gasteiger partial charge in [0.1, 0.15) is 5.82 Å². The Hall–Kier alpha value is -0.610. The van der Waals surface area contributed by atoms with Crippen LogP contribution in [0.25, 0.3) is 0 Å². The van der Waals surface area contributed by atoms with Gasteiger partial charge in [-0.05, 0) is 28.1 Å². The topological polar surface area (TPSA) is 36.4 Å². The van der Waals surface area contributed by atoms with Crippen LogP contribution in [0.4, 0.5) is 5.82 Å². The number of aliphatic hydroxyl groups excluding tert-OH is 1. The van der Waals surface area contributed by atoms with Crippen molar-refractivity contribution in [3.05, 3.63) is 29.2 Å². The third-order valence-electron chi connectivity index (χ3n) is 2.04. The minimum absolute atomic E-state index is 0.314. The molecule has 4 heteroatoms. The Morgan fingerprint density at radius 1 is 1.54 bits per heavy atom. The van der Waals surface area contributed by atoms with Gasteiger partial charge in [-0.15, -0.1) is 0 Å². The van der Waals surface area contributed by atoms with Crippen molar-refractivity contribution in [3.63, 3.8) is 0 Å². The molecule has 0 aromatic carbocycles. The minimum atomic E-state index is -0.314. The molecule has 1 radical (unpaired) electrons. The van der Waals surface area contributed by atoms with Crippen molar-refractivity contribution in [2.24, 2.45) is 0 Å². The molecule has 69 valence electrons. The summed E-state index contributed by atoms with van der Waals surface area (Å²) in [5.74, 6) is 0.913. The predicted octanol–water partition coefficient (Wildman–Crippen LogP) is 1.23. The number of hydrogen-bond acceptors (Lipinski definition) is 3. The van der Waals surface area contributed by atoms with Gasteiger partial charge in [0.05, 0.1) is 6.10 Å². The van der Waals surface area contributed by atoms with Crippen LogP contribution in [-0.4, -0.2) is 29.3 Å². The number of rotatable bonds is 1. The number of aromatic nitrogens is 1. The SMILES string of the molecule is O[C@H]1[CH]CN(c2ccc(Br)cn2)C1. The molecule has 1 aliphatic rings. The van der Waals surface area contributed by atoms with E-state index in [1.807, 2.05) is 23.5 Å². The normalized spacial score (nSPS) is 22.3. The zero-order valence-corrected chi connectivity index (χ0v) is 8.61. The van der Waals surface area contributed by atoms with Gasteiger partial charge >= 0.3 is 0 Å². The summed E-state index contributed by atoms with van der Waals surface area (Å²) >= 11 is 3.33. The van der Waals surface area contributed by atoms with E-state index in [1.165, 1.54) is 0 Å². The molecular weight excluding hydrogens is 232 g/mol. The van der Waals surface area contributed by atoms with E-state index in [0.717, 1.165) is 16.8 Å². The Kier molecular flexibility index (Phi) is 2.51. The number of anilines is 1. The molecular formula is C9H10BrN2O. The first-order chi connectivity index (χ1) is 6.25. The van der Waals surface area contributed by atoms with Gasteiger partial charge in [-0.2, -0.15) is 0 Å². The van der Waals surface area contributed by atoms with Gasteiger partial charge in [0, 0.05) is 30.2 Å². The number of nitrogens with zero attached hydrogens (tertiary/aromatic N) is 2. The zero-order chi connectivity index (χ0) is 9.26. The highest BCUT2D eigenvalue weighted by atomic mass is 79.9. The summed E-state index contributed by atoms with van der Waals surface area (Å²) in [4.78, 5) is 6.28. The van der Waals surface area contributed by atoms with Crippen molar-refractivity contribution in [2.75, 3.05) is 18.0 Å². The Bertz CT molecular complexity index is 288. The molecule has 1 atom stereocenters. The molecule has 0 unspecified atom stereocenters. The summed E-state index contributed by atoms with van der Waals surface area (Å²) in [5, 5.41) is 9.28. The maximum absolute atomic E-state index is 9.28. The maximum atomic E-state index is 9.28. The van der Waals surface area contributed by atoms with E-state index in [0.29, 0.717) is 6.54 Å². The number of aliphatic hydroxyl groups is 1. The van der Waals surface area contributed by atoms with Crippen molar-refractivity contribution in [3.8, 4) is 0 Å². The van der Waals surface area contributed by atoms with E-state index in [4.69, 9.17) is 0 Å². The summed E-state index contributed by atoms with van der Waals surface area (Å²) in [6, 6.07) is 3.89. The van der Waals surface area contributed by atoms with Crippen LogP contribution in [0.5, 0.6) is 0 Å². The van der Waals surface area contributed by atoms with Crippen LogP contribution in [0.3, 0.4) is 0 Å². The molecule has 1 aromatic heterocycles. The lowest BCUT2D eigenvalue weighted by Gasteiger charge is -2.15. The smallest absolute Gasteiger partial charge is 0.128 e.